The Morgan fingerprint density at radius 3 is 2.57 bits per heavy atom. The first-order valence-electron chi connectivity index (χ1n) is 6.08. The van der Waals surface area contributed by atoms with Gasteiger partial charge in [-0.3, -0.25) is 4.79 Å². The first kappa shape index (κ1) is 15.2. The summed E-state index contributed by atoms with van der Waals surface area (Å²) < 4.78 is 41.6. The number of nitrogens with one attached hydrogen (secondary N) is 1. The number of carbonyl (C=O) groups excluding carboxylic acids is 1. The van der Waals surface area contributed by atoms with E-state index in [1.807, 2.05) is 0 Å². The third-order valence-electron chi connectivity index (χ3n) is 2.78. The Balaban J connectivity index is 2.05. The van der Waals surface area contributed by atoms with Crippen LogP contribution in [0.15, 0.2) is 46.0 Å². The number of hydrogen-bond acceptors (Lipinski definition) is 5. The number of benzene rings is 1. The average Bonchev–Trinajstić information content (AvgIpc) is 2.91. The standard InChI is InChI=1S/C13H13FN2O4S/c1-9(13(17)15-12-6-7-20-16-12)8-21(18,19)11-4-2-10(14)3-5-11/h2-7,9H,8H2,1H3,(H,15,16,17)/t9-/m0/s1. The van der Waals surface area contributed by atoms with E-state index in [-0.39, 0.29) is 16.5 Å². The highest BCUT2D eigenvalue weighted by Gasteiger charge is 2.23. The van der Waals surface area contributed by atoms with Crippen LogP contribution in [-0.4, -0.2) is 25.2 Å². The molecular formula is C13H13FN2O4S. The normalized spacial score (nSPS) is 12.9. The quantitative estimate of drug-likeness (QED) is 0.851. The molecule has 0 saturated heterocycles. The number of carbonyl (C=O) groups is 1. The van der Waals surface area contributed by atoms with E-state index in [0.717, 1.165) is 12.1 Å². The number of anilines is 1. The van der Waals surface area contributed by atoms with E-state index < -0.39 is 27.5 Å². The monoisotopic (exact) mass is 312 g/mol. The second-order valence-corrected chi connectivity index (χ2v) is 6.54. The number of nitrogens with zero attached hydrogens (tertiary/aromatic N) is 1. The summed E-state index contributed by atoms with van der Waals surface area (Å²) in [6.45, 7) is 1.48. The van der Waals surface area contributed by atoms with E-state index in [1.165, 1.54) is 31.4 Å². The average molecular weight is 312 g/mol. The Hall–Kier alpha value is -2.22. The highest BCUT2D eigenvalue weighted by atomic mass is 32.2. The molecule has 112 valence electrons. The lowest BCUT2D eigenvalue weighted by molar-refractivity contribution is -0.118. The summed E-state index contributed by atoms with van der Waals surface area (Å²) in [7, 11) is -3.67. The second kappa shape index (κ2) is 6.04. The Morgan fingerprint density at radius 1 is 1.33 bits per heavy atom. The van der Waals surface area contributed by atoms with Gasteiger partial charge in [0.1, 0.15) is 12.1 Å². The van der Waals surface area contributed by atoms with E-state index in [4.69, 9.17) is 0 Å². The topological polar surface area (TPSA) is 89.3 Å². The predicted molar refractivity (Wildman–Crippen MR) is 72.7 cm³/mol. The second-order valence-electron chi connectivity index (χ2n) is 4.51. The van der Waals surface area contributed by atoms with Crippen molar-refractivity contribution >= 4 is 21.6 Å². The zero-order valence-corrected chi connectivity index (χ0v) is 11.9. The number of rotatable bonds is 5. The maximum atomic E-state index is 12.8. The molecule has 0 saturated carbocycles. The Kier molecular flexibility index (Phi) is 4.37. The van der Waals surface area contributed by atoms with Gasteiger partial charge in [0.15, 0.2) is 15.7 Å². The minimum absolute atomic E-state index is 0.0232. The molecule has 1 heterocycles. The first-order chi connectivity index (χ1) is 9.88. The summed E-state index contributed by atoms with van der Waals surface area (Å²) >= 11 is 0. The van der Waals surface area contributed by atoms with E-state index in [1.54, 1.807) is 0 Å². The maximum absolute atomic E-state index is 12.8. The van der Waals surface area contributed by atoms with Crippen LogP contribution in [0.1, 0.15) is 6.92 Å². The smallest absolute Gasteiger partial charge is 0.229 e. The van der Waals surface area contributed by atoms with E-state index in [2.05, 4.69) is 15.0 Å². The summed E-state index contributed by atoms with van der Waals surface area (Å²) in [5.41, 5.74) is 0. The minimum Gasteiger partial charge on any atom is -0.363 e. The molecule has 0 aliphatic heterocycles. The summed E-state index contributed by atoms with van der Waals surface area (Å²) in [5, 5.41) is 5.94. The molecular weight excluding hydrogens is 299 g/mol. The van der Waals surface area contributed by atoms with Crippen LogP contribution in [0.3, 0.4) is 0 Å². The van der Waals surface area contributed by atoms with Crippen molar-refractivity contribution in [1.82, 2.24) is 5.16 Å². The van der Waals surface area contributed by atoms with Gasteiger partial charge in [-0.1, -0.05) is 12.1 Å². The van der Waals surface area contributed by atoms with Crippen molar-refractivity contribution in [2.45, 2.75) is 11.8 Å². The van der Waals surface area contributed by atoms with Crippen molar-refractivity contribution in [3.63, 3.8) is 0 Å². The highest BCUT2D eigenvalue weighted by molar-refractivity contribution is 7.91. The lowest BCUT2D eigenvalue weighted by Gasteiger charge is -2.11. The van der Waals surface area contributed by atoms with E-state index >= 15 is 0 Å². The number of halogens is 1. The molecule has 0 spiro atoms. The molecule has 0 radical (unpaired) electrons. The lowest BCUT2D eigenvalue weighted by Crippen LogP contribution is -2.27. The van der Waals surface area contributed by atoms with Crippen LogP contribution in [0.25, 0.3) is 0 Å². The van der Waals surface area contributed by atoms with Gasteiger partial charge < -0.3 is 9.84 Å². The van der Waals surface area contributed by atoms with Crippen LogP contribution in [0.5, 0.6) is 0 Å². The van der Waals surface area contributed by atoms with Crippen molar-refractivity contribution in [3.05, 3.63) is 42.4 Å². The maximum Gasteiger partial charge on any atom is 0.229 e. The fourth-order valence-electron chi connectivity index (χ4n) is 1.67. The zero-order chi connectivity index (χ0) is 15.5. The zero-order valence-electron chi connectivity index (χ0n) is 11.1. The molecule has 6 nitrogen and oxygen atoms in total. The summed E-state index contributed by atoms with van der Waals surface area (Å²) in [6.07, 6.45) is 1.29. The Bertz CT molecular complexity index is 711. The van der Waals surface area contributed by atoms with Gasteiger partial charge in [0.25, 0.3) is 0 Å². The molecule has 21 heavy (non-hydrogen) atoms. The van der Waals surface area contributed by atoms with Gasteiger partial charge in [-0.05, 0) is 24.3 Å². The molecule has 0 unspecified atom stereocenters. The number of amides is 1. The van der Waals surface area contributed by atoms with Gasteiger partial charge in [0.05, 0.1) is 10.6 Å². The molecule has 1 atom stereocenters. The summed E-state index contributed by atoms with van der Waals surface area (Å²) in [4.78, 5) is 11.8. The number of sulfone groups is 1. The van der Waals surface area contributed by atoms with Crippen LogP contribution in [0, 0.1) is 11.7 Å². The van der Waals surface area contributed by atoms with E-state index in [0.29, 0.717) is 0 Å². The fourth-order valence-corrected chi connectivity index (χ4v) is 3.22. The van der Waals surface area contributed by atoms with Crippen molar-refractivity contribution in [2.75, 3.05) is 11.1 Å². The molecule has 1 aromatic carbocycles. The minimum atomic E-state index is -3.67. The third-order valence-corrected chi connectivity index (χ3v) is 4.71. The number of aromatic nitrogens is 1. The summed E-state index contributed by atoms with van der Waals surface area (Å²) in [6, 6.07) is 5.92. The van der Waals surface area contributed by atoms with Gasteiger partial charge in [0.2, 0.25) is 5.91 Å². The van der Waals surface area contributed by atoms with Gasteiger partial charge in [-0.15, -0.1) is 0 Å². The molecule has 0 bridgehead atoms. The van der Waals surface area contributed by atoms with E-state index in [9.17, 15) is 17.6 Å². The predicted octanol–water partition coefficient (Wildman–Crippen LogP) is 1.86. The molecule has 2 rings (SSSR count). The molecule has 1 N–H and O–H groups in total. The van der Waals surface area contributed by atoms with Crippen LogP contribution in [0.2, 0.25) is 0 Å². The lowest BCUT2D eigenvalue weighted by atomic mass is 10.2. The van der Waals surface area contributed by atoms with Crippen molar-refractivity contribution in [2.24, 2.45) is 5.92 Å². The molecule has 2 aromatic rings. The molecule has 0 fully saturated rings. The molecule has 0 aliphatic carbocycles. The van der Waals surface area contributed by atoms with Crippen LogP contribution in [-0.2, 0) is 14.6 Å². The molecule has 0 aliphatic rings. The Morgan fingerprint density at radius 2 is 2.00 bits per heavy atom. The van der Waals surface area contributed by atoms with Crippen LogP contribution >= 0.6 is 0 Å². The van der Waals surface area contributed by atoms with Crippen molar-refractivity contribution in [1.29, 1.82) is 0 Å². The van der Waals surface area contributed by atoms with Gasteiger partial charge in [-0.25, -0.2) is 12.8 Å². The molecule has 8 heteroatoms. The molecule has 1 amide bonds. The van der Waals surface area contributed by atoms with Gasteiger partial charge in [0, 0.05) is 12.0 Å². The SMILES string of the molecule is C[C@@H](CS(=O)(=O)c1ccc(F)cc1)C(=O)Nc1ccon1. The highest BCUT2D eigenvalue weighted by Crippen LogP contribution is 2.16. The van der Waals surface area contributed by atoms with Crippen LogP contribution in [0.4, 0.5) is 10.2 Å². The summed E-state index contributed by atoms with van der Waals surface area (Å²) in [5.74, 6) is -1.98. The first-order valence-corrected chi connectivity index (χ1v) is 7.73. The third kappa shape index (κ3) is 3.88. The van der Waals surface area contributed by atoms with Crippen molar-refractivity contribution in [3.8, 4) is 0 Å². The number of hydrogen-bond donors (Lipinski definition) is 1. The van der Waals surface area contributed by atoms with Gasteiger partial charge in [-0.2, -0.15) is 0 Å². The largest absolute Gasteiger partial charge is 0.363 e. The van der Waals surface area contributed by atoms with Crippen LogP contribution < -0.4 is 5.32 Å². The van der Waals surface area contributed by atoms with Crippen molar-refractivity contribution < 1.29 is 22.1 Å². The Labute approximate surface area is 120 Å². The molecule has 1 aromatic heterocycles. The van der Waals surface area contributed by atoms with Gasteiger partial charge >= 0.3 is 0 Å². The fraction of sp³-hybridized carbons (Fsp3) is 0.231.